The van der Waals surface area contributed by atoms with Crippen LogP contribution in [-0.4, -0.2) is 23.1 Å². The maximum atomic E-state index is 12.8. The van der Waals surface area contributed by atoms with Gasteiger partial charge in [-0.1, -0.05) is 23.2 Å². The summed E-state index contributed by atoms with van der Waals surface area (Å²) in [6.45, 7) is 2.40. The van der Waals surface area contributed by atoms with E-state index in [-0.39, 0.29) is 11.1 Å². The summed E-state index contributed by atoms with van der Waals surface area (Å²) in [6.07, 6.45) is 0. The van der Waals surface area contributed by atoms with E-state index < -0.39 is 35.0 Å². The number of carbonyl (C=O) groups excluding carboxylic acids is 4. The number of Topliss-reactive ketones (excluding diaryl/α,β-unsaturated/α-hetero) is 4. The fourth-order valence-corrected chi connectivity index (χ4v) is 2.98. The molecule has 0 heterocycles. The van der Waals surface area contributed by atoms with Crippen molar-refractivity contribution in [1.29, 1.82) is 0 Å². The third-order valence-corrected chi connectivity index (χ3v) is 4.54. The van der Waals surface area contributed by atoms with Crippen LogP contribution in [0.25, 0.3) is 0 Å². The standard InChI is InChI=1S/C20H16Cl2O4/c1-11(23)17(19(25)13-3-7-15(21)8-4-13)18(12(2)24)20(26)14-5-9-16(22)10-6-14/h3-10,17-18H,1-2H3. The molecule has 0 aliphatic heterocycles. The summed E-state index contributed by atoms with van der Waals surface area (Å²) in [5.41, 5.74) is 0.425. The highest BCUT2D eigenvalue weighted by molar-refractivity contribution is 6.31. The predicted octanol–water partition coefficient (Wildman–Crippen LogP) is 4.47. The maximum Gasteiger partial charge on any atom is 0.174 e. The van der Waals surface area contributed by atoms with E-state index in [4.69, 9.17) is 23.2 Å². The molecule has 0 aromatic heterocycles. The molecular formula is C20H16Cl2O4. The van der Waals surface area contributed by atoms with Crippen LogP contribution in [0.3, 0.4) is 0 Å². The quantitative estimate of drug-likeness (QED) is 0.516. The van der Waals surface area contributed by atoms with Gasteiger partial charge in [0.15, 0.2) is 11.6 Å². The minimum Gasteiger partial charge on any atom is -0.299 e. The van der Waals surface area contributed by atoms with Crippen molar-refractivity contribution in [3.8, 4) is 0 Å². The summed E-state index contributed by atoms with van der Waals surface area (Å²) >= 11 is 11.6. The van der Waals surface area contributed by atoms with Crippen LogP contribution in [0.5, 0.6) is 0 Å². The highest BCUT2D eigenvalue weighted by Gasteiger charge is 2.40. The lowest BCUT2D eigenvalue weighted by Crippen LogP contribution is -2.39. The lowest BCUT2D eigenvalue weighted by atomic mass is 9.77. The molecule has 0 saturated carbocycles. The summed E-state index contributed by atoms with van der Waals surface area (Å²) in [4.78, 5) is 50.1. The SMILES string of the molecule is CC(=O)C(C(=O)c1ccc(Cl)cc1)C(C(C)=O)C(=O)c1ccc(Cl)cc1. The van der Waals surface area contributed by atoms with Gasteiger partial charge in [0, 0.05) is 21.2 Å². The minimum atomic E-state index is -1.39. The Kier molecular flexibility index (Phi) is 6.46. The van der Waals surface area contributed by atoms with Crippen molar-refractivity contribution in [3.05, 3.63) is 69.7 Å². The lowest BCUT2D eigenvalue weighted by Gasteiger charge is -2.21. The van der Waals surface area contributed by atoms with E-state index in [1.807, 2.05) is 0 Å². The normalized spacial score (nSPS) is 12.9. The van der Waals surface area contributed by atoms with Gasteiger partial charge >= 0.3 is 0 Å². The van der Waals surface area contributed by atoms with Crippen molar-refractivity contribution in [3.63, 3.8) is 0 Å². The Labute approximate surface area is 161 Å². The van der Waals surface area contributed by atoms with Gasteiger partial charge < -0.3 is 0 Å². The molecule has 6 heteroatoms. The highest BCUT2D eigenvalue weighted by atomic mass is 35.5. The van der Waals surface area contributed by atoms with E-state index in [9.17, 15) is 19.2 Å². The number of hydrogen-bond acceptors (Lipinski definition) is 4. The van der Waals surface area contributed by atoms with Gasteiger partial charge in [0.2, 0.25) is 0 Å². The smallest absolute Gasteiger partial charge is 0.174 e. The Balaban J connectivity index is 2.46. The van der Waals surface area contributed by atoms with Crippen LogP contribution in [-0.2, 0) is 9.59 Å². The molecule has 0 saturated heterocycles. The average molecular weight is 391 g/mol. The first-order valence-electron chi connectivity index (χ1n) is 7.83. The Hall–Kier alpha value is -2.30. The Morgan fingerprint density at radius 2 is 0.885 bits per heavy atom. The summed E-state index contributed by atoms with van der Waals surface area (Å²) in [5, 5.41) is 0.863. The first-order valence-corrected chi connectivity index (χ1v) is 8.58. The predicted molar refractivity (Wildman–Crippen MR) is 99.9 cm³/mol. The molecule has 0 spiro atoms. The van der Waals surface area contributed by atoms with E-state index in [1.165, 1.54) is 62.4 Å². The minimum absolute atomic E-state index is 0.213. The molecule has 2 rings (SSSR count). The lowest BCUT2D eigenvalue weighted by molar-refractivity contribution is -0.127. The van der Waals surface area contributed by atoms with E-state index in [0.29, 0.717) is 10.0 Å². The number of rotatable bonds is 7. The van der Waals surface area contributed by atoms with E-state index in [1.54, 1.807) is 0 Å². The van der Waals surface area contributed by atoms with Crippen molar-refractivity contribution < 1.29 is 19.2 Å². The molecule has 2 atom stereocenters. The number of carbonyl (C=O) groups is 4. The van der Waals surface area contributed by atoms with Gasteiger partial charge in [-0.2, -0.15) is 0 Å². The van der Waals surface area contributed by atoms with Gasteiger partial charge in [0.1, 0.15) is 11.6 Å². The number of ketones is 4. The summed E-state index contributed by atoms with van der Waals surface area (Å²) in [5.74, 6) is -5.05. The van der Waals surface area contributed by atoms with Crippen molar-refractivity contribution in [2.24, 2.45) is 11.8 Å². The van der Waals surface area contributed by atoms with Crippen LogP contribution in [0.15, 0.2) is 48.5 Å². The molecule has 2 aromatic carbocycles. The van der Waals surface area contributed by atoms with Crippen LogP contribution in [0.2, 0.25) is 10.0 Å². The zero-order valence-corrected chi connectivity index (χ0v) is 15.7. The second kappa shape index (κ2) is 8.39. The van der Waals surface area contributed by atoms with E-state index >= 15 is 0 Å². The molecule has 0 radical (unpaired) electrons. The van der Waals surface area contributed by atoms with Crippen molar-refractivity contribution in [2.75, 3.05) is 0 Å². The Morgan fingerprint density at radius 1 is 0.615 bits per heavy atom. The Bertz CT molecular complexity index is 781. The molecule has 0 N–H and O–H groups in total. The van der Waals surface area contributed by atoms with Crippen LogP contribution >= 0.6 is 23.2 Å². The van der Waals surface area contributed by atoms with Crippen LogP contribution in [0.1, 0.15) is 34.6 Å². The van der Waals surface area contributed by atoms with Crippen molar-refractivity contribution >= 4 is 46.3 Å². The van der Waals surface area contributed by atoms with Gasteiger partial charge in [-0.15, -0.1) is 0 Å². The zero-order valence-electron chi connectivity index (χ0n) is 14.2. The molecule has 2 unspecified atom stereocenters. The second-order valence-corrected chi connectivity index (χ2v) is 6.79. The van der Waals surface area contributed by atoms with Crippen LogP contribution in [0, 0.1) is 11.8 Å². The monoisotopic (exact) mass is 390 g/mol. The molecule has 26 heavy (non-hydrogen) atoms. The molecule has 2 aromatic rings. The van der Waals surface area contributed by atoms with E-state index in [0.717, 1.165) is 0 Å². The van der Waals surface area contributed by atoms with Gasteiger partial charge in [0.25, 0.3) is 0 Å². The fourth-order valence-electron chi connectivity index (χ4n) is 2.73. The average Bonchev–Trinajstić information content (AvgIpc) is 2.59. The molecule has 0 aliphatic rings. The van der Waals surface area contributed by atoms with Gasteiger partial charge in [-0.05, 0) is 62.4 Å². The summed E-state index contributed by atoms with van der Waals surface area (Å²) < 4.78 is 0. The third-order valence-electron chi connectivity index (χ3n) is 4.03. The fraction of sp³-hybridized carbons (Fsp3) is 0.200. The molecule has 4 nitrogen and oxygen atoms in total. The first kappa shape index (κ1) is 20.0. The number of benzene rings is 2. The molecule has 134 valence electrons. The van der Waals surface area contributed by atoms with Gasteiger partial charge in [-0.3, -0.25) is 19.2 Å². The number of hydrogen-bond donors (Lipinski definition) is 0. The topological polar surface area (TPSA) is 68.3 Å². The Morgan fingerprint density at radius 3 is 1.12 bits per heavy atom. The largest absolute Gasteiger partial charge is 0.299 e. The molecule has 0 amide bonds. The maximum absolute atomic E-state index is 12.8. The highest BCUT2D eigenvalue weighted by Crippen LogP contribution is 2.25. The molecule has 0 fully saturated rings. The van der Waals surface area contributed by atoms with Crippen LogP contribution in [0.4, 0.5) is 0 Å². The van der Waals surface area contributed by atoms with E-state index in [2.05, 4.69) is 0 Å². The molecular weight excluding hydrogens is 375 g/mol. The summed E-state index contributed by atoms with van der Waals surface area (Å²) in [6, 6.07) is 11.9. The van der Waals surface area contributed by atoms with Gasteiger partial charge in [-0.25, -0.2) is 0 Å². The number of halogens is 2. The van der Waals surface area contributed by atoms with Crippen molar-refractivity contribution in [2.45, 2.75) is 13.8 Å². The molecule has 0 aliphatic carbocycles. The summed E-state index contributed by atoms with van der Waals surface area (Å²) in [7, 11) is 0. The van der Waals surface area contributed by atoms with Gasteiger partial charge in [0.05, 0.1) is 11.8 Å². The second-order valence-electron chi connectivity index (χ2n) is 5.92. The van der Waals surface area contributed by atoms with Crippen molar-refractivity contribution in [1.82, 2.24) is 0 Å². The van der Waals surface area contributed by atoms with Crippen LogP contribution < -0.4 is 0 Å². The first-order chi connectivity index (χ1) is 12.2. The third kappa shape index (κ3) is 4.45. The molecule has 0 bridgehead atoms. The zero-order chi connectivity index (χ0) is 19.4.